The molecule has 0 spiro atoms. The number of carbonyl (C=O) groups is 1. The van der Waals surface area contributed by atoms with Crippen LogP contribution in [0.3, 0.4) is 0 Å². The highest BCUT2D eigenvalue weighted by molar-refractivity contribution is 5.85. The summed E-state index contributed by atoms with van der Waals surface area (Å²) in [6, 6.07) is 0. The van der Waals surface area contributed by atoms with Gasteiger partial charge in [0.1, 0.15) is 6.10 Å². The highest BCUT2D eigenvalue weighted by Gasteiger charge is 2.64. The lowest BCUT2D eigenvalue weighted by atomic mass is 9.43. The standard InChI is InChI=1S/C20H32O3/c1-7-18(4)10-8-15-19(5)12-13(21)16(22)17(2,3)14(19)9-11-20(15,6)23-18/h7,14-16,22H,1,8-12H2,2-6H3. The van der Waals surface area contributed by atoms with Gasteiger partial charge in [0.05, 0.1) is 11.2 Å². The van der Waals surface area contributed by atoms with E-state index in [1.54, 1.807) is 0 Å². The molecule has 23 heavy (non-hydrogen) atoms. The molecule has 0 radical (unpaired) electrons. The molecule has 3 heteroatoms. The molecule has 3 fully saturated rings. The molecule has 2 aliphatic carbocycles. The average Bonchev–Trinajstić information content (AvgIpc) is 2.43. The lowest BCUT2D eigenvalue weighted by Gasteiger charge is -2.65. The maximum Gasteiger partial charge on any atom is 0.162 e. The summed E-state index contributed by atoms with van der Waals surface area (Å²) in [5, 5.41) is 10.4. The third-order valence-electron chi connectivity index (χ3n) is 7.55. The molecule has 0 aromatic carbocycles. The maximum atomic E-state index is 12.5. The molecule has 3 rings (SSSR count). The van der Waals surface area contributed by atoms with Crippen molar-refractivity contribution >= 4 is 5.78 Å². The third-order valence-corrected chi connectivity index (χ3v) is 7.55. The highest BCUT2D eigenvalue weighted by atomic mass is 16.5. The topological polar surface area (TPSA) is 46.5 Å². The molecule has 130 valence electrons. The van der Waals surface area contributed by atoms with E-state index in [-0.39, 0.29) is 27.8 Å². The van der Waals surface area contributed by atoms with E-state index in [1.807, 2.05) is 6.08 Å². The van der Waals surface area contributed by atoms with Crippen LogP contribution in [0.4, 0.5) is 0 Å². The molecule has 2 saturated carbocycles. The predicted molar refractivity (Wildman–Crippen MR) is 91.1 cm³/mol. The zero-order chi connectivity index (χ0) is 17.3. The monoisotopic (exact) mass is 320 g/mol. The first-order chi connectivity index (χ1) is 10.5. The van der Waals surface area contributed by atoms with Crippen molar-refractivity contribution < 1.29 is 14.6 Å². The Balaban J connectivity index is 2.00. The second-order valence-corrected chi connectivity index (χ2v) is 9.49. The summed E-state index contributed by atoms with van der Waals surface area (Å²) in [6.07, 6.45) is 5.61. The number of hydrogen-bond acceptors (Lipinski definition) is 3. The van der Waals surface area contributed by atoms with Crippen molar-refractivity contribution in [3.05, 3.63) is 12.7 Å². The fourth-order valence-corrected chi connectivity index (χ4v) is 6.34. The Morgan fingerprint density at radius 3 is 2.35 bits per heavy atom. The first kappa shape index (κ1) is 17.2. The molecule has 6 atom stereocenters. The lowest BCUT2D eigenvalue weighted by molar-refractivity contribution is -0.257. The molecule has 3 nitrogen and oxygen atoms in total. The zero-order valence-corrected chi connectivity index (χ0v) is 15.3. The molecule has 0 aromatic rings. The van der Waals surface area contributed by atoms with E-state index < -0.39 is 6.10 Å². The van der Waals surface area contributed by atoms with Crippen molar-refractivity contribution in [1.29, 1.82) is 0 Å². The second-order valence-electron chi connectivity index (χ2n) is 9.49. The van der Waals surface area contributed by atoms with E-state index in [4.69, 9.17) is 4.74 Å². The number of rotatable bonds is 1. The van der Waals surface area contributed by atoms with Crippen LogP contribution in [0.25, 0.3) is 0 Å². The Hall–Kier alpha value is -0.670. The van der Waals surface area contributed by atoms with Crippen molar-refractivity contribution in [2.24, 2.45) is 22.7 Å². The van der Waals surface area contributed by atoms with Crippen LogP contribution in [0, 0.1) is 22.7 Å². The number of aliphatic hydroxyl groups is 1. The zero-order valence-electron chi connectivity index (χ0n) is 15.3. The molecule has 0 aromatic heterocycles. The van der Waals surface area contributed by atoms with Crippen LogP contribution in [0.1, 0.15) is 66.7 Å². The van der Waals surface area contributed by atoms with Crippen LogP contribution in [-0.4, -0.2) is 28.2 Å². The van der Waals surface area contributed by atoms with E-state index in [9.17, 15) is 9.90 Å². The molecule has 3 aliphatic rings. The van der Waals surface area contributed by atoms with Gasteiger partial charge in [0.25, 0.3) is 0 Å². The van der Waals surface area contributed by atoms with E-state index >= 15 is 0 Å². The van der Waals surface area contributed by atoms with Gasteiger partial charge in [-0.15, -0.1) is 6.58 Å². The summed E-state index contributed by atoms with van der Waals surface area (Å²) in [6.45, 7) is 14.7. The van der Waals surface area contributed by atoms with Gasteiger partial charge in [-0.2, -0.15) is 0 Å². The molecule has 0 amide bonds. The Kier molecular flexibility index (Phi) is 3.67. The summed E-state index contributed by atoms with van der Waals surface area (Å²) in [7, 11) is 0. The Bertz CT molecular complexity index is 539. The van der Waals surface area contributed by atoms with Gasteiger partial charge in [-0.05, 0) is 56.8 Å². The number of carbonyl (C=O) groups excluding carboxylic acids is 1. The average molecular weight is 320 g/mol. The molecule has 1 heterocycles. The van der Waals surface area contributed by atoms with E-state index in [0.29, 0.717) is 18.3 Å². The molecule has 0 bridgehead atoms. The third kappa shape index (κ3) is 2.26. The Morgan fingerprint density at radius 2 is 1.74 bits per heavy atom. The summed E-state index contributed by atoms with van der Waals surface area (Å²) in [5.41, 5.74) is -0.910. The number of ether oxygens (including phenoxy) is 1. The van der Waals surface area contributed by atoms with Crippen LogP contribution in [0.5, 0.6) is 0 Å². The Morgan fingerprint density at radius 1 is 1.13 bits per heavy atom. The number of Topliss-reactive ketones (excluding diaryl/α,β-unsaturated/α-hetero) is 1. The van der Waals surface area contributed by atoms with Crippen molar-refractivity contribution in [2.45, 2.75) is 84.0 Å². The van der Waals surface area contributed by atoms with Gasteiger partial charge in [-0.3, -0.25) is 4.79 Å². The van der Waals surface area contributed by atoms with Crippen LogP contribution < -0.4 is 0 Å². The van der Waals surface area contributed by atoms with Crippen LogP contribution in [0.2, 0.25) is 0 Å². The molecule has 1 saturated heterocycles. The molecular formula is C20H32O3. The van der Waals surface area contributed by atoms with E-state index in [0.717, 1.165) is 25.7 Å². The van der Waals surface area contributed by atoms with Crippen molar-refractivity contribution in [3.63, 3.8) is 0 Å². The van der Waals surface area contributed by atoms with Gasteiger partial charge in [0, 0.05) is 11.8 Å². The molecule has 1 aliphatic heterocycles. The van der Waals surface area contributed by atoms with Gasteiger partial charge >= 0.3 is 0 Å². The maximum absolute atomic E-state index is 12.5. The molecule has 6 unspecified atom stereocenters. The van der Waals surface area contributed by atoms with Gasteiger partial charge in [-0.25, -0.2) is 0 Å². The number of hydrogen-bond donors (Lipinski definition) is 1. The van der Waals surface area contributed by atoms with Crippen LogP contribution in [0.15, 0.2) is 12.7 Å². The second kappa shape index (κ2) is 4.92. The van der Waals surface area contributed by atoms with Crippen LogP contribution in [-0.2, 0) is 9.53 Å². The molecular weight excluding hydrogens is 288 g/mol. The largest absolute Gasteiger partial charge is 0.385 e. The molecule has 1 N–H and O–H groups in total. The lowest BCUT2D eigenvalue weighted by Crippen LogP contribution is -2.66. The van der Waals surface area contributed by atoms with Gasteiger partial charge in [0.15, 0.2) is 5.78 Å². The van der Waals surface area contributed by atoms with Crippen molar-refractivity contribution in [3.8, 4) is 0 Å². The van der Waals surface area contributed by atoms with E-state index in [2.05, 4.69) is 41.2 Å². The quantitative estimate of drug-likeness (QED) is 0.746. The minimum Gasteiger partial charge on any atom is -0.385 e. The number of fused-ring (bicyclic) bond motifs is 3. The van der Waals surface area contributed by atoms with Crippen LogP contribution >= 0.6 is 0 Å². The number of ketones is 1. The summed E-state index contributed by atoms with van der Waals surface area (Å²) in [5.74, 6) is 0.727. The Labute approximate surface area is 140 Å². The summed E-state index contributed by atoms with van der Waals surface area (Å²) in [4.78, 5) is 12.5. The summed E-state index contributed by atoms with van der Waals surface area (Å²) < 4.78 is 6.57. The summed E-state index contributed by atoms with van der Waals surface area (Å²) >= 11 is 0. The predicted octanol–water partition coefficient (Wildman–Crippen LogP) is 3.89. The first-order valence-electron chi connectivity index (χ1n) is 9.03. The van der Waals surface area contributed by atoms with Crippen molar-refractivity contribution in [2.75, 3.05) is 0 Å². The number of aliphatic hydroxyl groups excluding tert-OH is 1. The van der Waals surface area contributed by atoms with Gasteiger partial charge in [0.2, 0.25) is 0 Å². The van der Waals surface area contributed by atoms with Gasteiger partial charge < -0.3 is 9.84 Å². The van der Waals surface area contributed by atoms with Gasteiger partial charge in [-0.1, -0.05) is 26.8 Å². The minimum absolute atomic E-state index is 0.00931. The smallest absolute Gasteiger partial charge is 0.162 e. The first-order valence-corrected chi connectivity index (χ1v) is 9.03. The normalized spacial score (nSPS) is 52.4. The van der Waals surface area contributed by atoms with Crippen molar-refractivity contribution in [1.82, 2.24) is 0 Å². The minimum atomic E-state index is -0.826. The highest BCUT2D eigenvalue weighted by Crippen LogP contribution is 2.64. The SMILES string of the molecule is C=CC1(C)CCC2C(C)(CCC3C(C)(C)C(O)C(=O)CC23C)O1. The van der Waals surface area contributed by atoms with E-state index in [1.165, 1.54) is 0 Å². The fraction of sp³-hybridized carbons (Fsp3) is 0.850. The fourth-order valence-electron chi connectivity index (χ4n) is 6.34.